The van der Waals surface area contributed by atoms with Crippen LogP contribution in [0.4, 0.5) is 16.4 Å². The smallest absolute Gasteiger partial charge is 0.320 e. The number of rotatable bonds is 5. The molecular formula is C22H29N9O2. The first kappa shape index (κ1) is 22.5. The van der Waals surface area contributed by atoms with Crippen molar-refractivity contribution in [3.63, 3.8) is 0 Å². The molecule has 0 unspecified atom stereocenters. The molecule has 2 aromatic heterocycles. The average molecular weight is 452 g/mol. The van der Waals surface area contributed by atoms with Gasteiger partial charge in [-0.1, -0.05) is 0 Å². The molecule has 2 fully saturated rings. The standard InChI is InChI=1S/C22H29N9O2/c1-13(2)25-22(33)28-19-17(9-23)20(27-18(26-19)16-10-24-29(4)12-16)30-7-8-31(14(3)11-30)21(32)15-5-6-15/h10,12-15H,5-8,11H2,1-4H3,(H2,25,26,27,28,33)/t14-/m1/s1. The molecule has 11 heteroatoms. The molecule has 0 spiro atoms. The molecule has 1 aliphatic heterocycles. The molecule has 0 aromatic carbocycles. The number of anilines is 2. The second kappa shape index (κ2) is 9.05. The predicted molar refractivity (Wildman–Crippen MR) is 122 cm³/mol. The Morgan fingerprint density at radius 1 is 1.24 bits per heavy atom. The van der Waals surface area contributed by atoms with E-state index in [1.54, 1.807) is 24.1 Å². The molecule has 2 N–H and O–H groups in total. The summed E-state index contributed by atoms with van der Waals surface area (Å²) < 4.78 is 1.64. The van der Waals surface area contributed by atoms with Crippen LogP contribution in [0.1, 0.15) is 39.2 Å². The van der Waals surface area contributed by atoms with E-state index >= 15 is 0 Å². The minimum atomic E-state index is -0.448. The maximum Gasteiger partial charge on any atom is 0.320 e. The average Bonchev–Trinajstić information content (AvgIpc) is 3.52. The van der Waals surface area contributed by atoms with E-state index in [1.165, 1.54) is 0 Å². The number of hydrogen-bond acceptors (Lipinski definition) is 7. The van der Waals surface area contributed by atoms with Gasteiger partial charge in [0.15, 0.2) is 17.5 Å². The van der Waals surface area contributed by atoms with Gasteiger partial charge in [0.2, 0.25) is 5.91 Å². The van der Waals surface area contributed by atoms with Gasteiger partial charge in [-0.3, -0.25) is 14.8 Å². The second-order valence-corrected chi connectivity index (χ2v) is 8.96. The van der Waals surface area contributed by atoms with E-state index in [9.17, 15) is 14.9 Å². The number of amides is 3. The first-order valence-corrected chi connectivity index (χ1v) is 11.2. The third-order valence-electron chi connectivity index (χ3n) is 5.75. The fourth-order valence-electron chi connectivity index (χ4n) is 3.98. The Morgan fingerprint density at radius 3 is 2.58 bits per heavy atom. The molecule has 1 aliphatic carbocycles. The summed E-state index contributed by atoms with van der Waals surface area (Å²) in [7, 11) is 1.79. The highest BCUT2D eigenvalue weighted by Crippen LogP contribution is 2.34. The van der Waals surface area contributed by atoms with Crippen LogP contribution in [0.25, 0.3) is 11.4 Å². The second-order valence-electron chi connectivity index (χ2n) is 8.96. The minimum Gasteiger partial charge on any atom is -0.351 e. The molecule has 0 bridgehead atoms. The fraction of sp³-hybridized carbons (Fsp3) is 0.545. The lowest BCUT2D eigenvalue weighted by Gasteiger charge is -2.41. The highest BCUT2D eigenvalue weighted by molar-refractivity contribution is 5.91. The lowest BCUT2D eigenvalue weighted by Crippen LogP contribution is -2.55. The molecule has 2 aromatic rings. The molecule has 2 aliphatic rings. The zero-order chi connectivity index (χ0) is 23.7. The van der Waals surface area contributed by atoms with Crippen molar-refractivity contribution in [3.8, 4) is 17.5 Å². The SMILES string of the molecule is CC(C)NC(=O)Nc1nc(-c2cnn(C)c2)nc(N2CCN(C(=O)C3CC3)[C@H](C)C2)c1C#N. The third kappa shape index (κ3) is 4.89. The van der Waals surface area contributed by atoms with Gasteiger partial charge in [-0.25, -0.2) is 14.8 Å². The Labute approximate surface area is 192 Å². The number of aryl methyl sites for hydroxylation is 1. The van der Waals surface area contributed by atoms with E-state index in [4.69, 9.17) is 4.98 Å². The van der Waals surface area contributed by atoms with Gasteiger partial charge in [0.1, 0.15) is 11.6 Å². The van der Waals surface area contributed by atoms with Crippen LogP contribution in [0.15, 0.2) is 12.4 Å². The Kier molecular flexibility index (Phi) is 6.18. The van der Waals surface area contributed by atoms with E-state index in [2.05, 4.69) is 26.8 Å². The van der Waals surface area contributed by atoms with Crippen molar-refractivity contribution >= 4 is 23.6 Å². The summed E-state index contributed by atoms with van der Waals surface area (Å²) in [5, 5.41) is 19.6. The van der Waals surface area contributed by atoms with Gasteiger partial charge in [-0.15, -0.1) is 0 Å². The molecule has 11 nitrogen and oxygen atoms in total. The molecule has 3 heterocycles. The van der Waals surface area contributed by atoms with Crippen molar-refractivity contribution in [2.45, 2.75) is 45.7 Å². The molecule has 0 radical (unpaired) electrons. The number of urea groups is 1. The number of carbonyl (C=O) groups is 2. The van der Waals surface area contributed by atoms with Gasteiger partial charge in [-0.2, -0.15) is 10.4 Å². The largest absolute Gasteiger partial charge is 0.351 e. The topological polar surface area (TPSA) is 132 Å². The van der Waals surface area contributed by atoms with Crippen molar-refractivity contribution < 1.29 is 9.59 Å². The molecule has 33 heavy (non-hydrogen) atoms. The van der Waals surface area contributed by atoms with Crippen molar-refractivity contribution in [1.82, 2.24) is 30.0 Å². The van der Waals surface area contributed by atoms with Crippen molar-refractivity contribution in [1.29, 1.82) is 5.26 Å². The summed E-state index contributed by atoms with van der Waals surface area (Å²) in [6.45, 7) is 7.34. The molecular weight excluding hydrogens is 422 g/mol. The first-order chi connectivity index (χ1) is 15.8. The number of carbonyl (C=O) groups excluding carboxylic acids is 2. The number of nitrogens with one attached hydrogen (secondary N) is 2. The number of aromatic nitrogens is 4. The highest BCUT2D eigenvalue weighted by Gasteiger charge is 2.38. The maximum absolute atomic E-state index is 12.6. The Hall–Kier alpha value is -3.68. The van der Waals surface area contributed by atoms with Crippen molar-refractivity contribution in [2.24, 2.45) is 13.0 Å². The first-order valence-electron chi connectivity index (χ1n) is 11.2. The Bertz CT molecular complexity index is 1100. The molecule has 1 saturated carbocycles. The van der Waals surface area contributed by atoms with E-state index in [-0.39, 0.29) is 35.3 Å². The predicted octanol–water partition coefficient (Wildman–Crippen LogP) is 1.73. The minimum absolute atomic E-state index is 0.0177. The summed E-state index contributed by atoms with van der Waals surface area (Å²) in [4.78, 5) is 38.1. The van der Waals surface area contributed by atoms with Gasteiger partial charge >= 0.3 is 6.03 Å². The number of nitriles is 1. The van der Waals surface area contributed by atoms with Crippen molar-refractivity contribution in [3.05, 3.63) is 18.0 Å². The number of nitrogens with zero attached hydrogens (tertiary/aromatic N) is 7. The van der Waals surface area contributed by atoms with Gasteiger partial charge in [0.25, 0.3) is 0 Å². The van der Waals surface area contributed by atoms with Crippen LogP contribution in [-0.4, -0.2) is 68.3 Å². The monoisotopic (exact) mass is 451 g/mol. The number of piperazine rings is 1. The van der Waals surface area contributed by atoms with Crippen LogP contribution < -0.4 is 15.5 Å². The van der Waals surface area contributed by atoms with Crippen LogP contribution in [0.3, 0.4) is 0 Å². The van der Waals surface area contributed by atoms with Gasteiger partial charge in [0.05, 0.1) is 11.8 Å². The quantitative estimate of drug-likeness (QED) is 0.707. The lowest BCUT2D eigenvalue weighted by atomic mass is 10.1. The van der Waals surface area contributed by atoms with E-state index in [1.807, 2.05) is 30.6 Å². The summed E-state index contributed by atoms with van der Waals surface area (Å²) in [5.41, 5.74) is 0.863. The van der Waals surface area contributed by atoms with E-state index < -0.39 is 6.03 Å². The van der Waals surface area contributed by atoms with Crippen LogP contribution in [0, 0.1) is 17.2 Å². The van der Waals surface area contributed by atoms with E-state index in [0.717, 1.165) is 12.8 Å². The van der Waals surface area contributed by atoms with Crippen molar-refractivity contribution in [2.75, 3.05) is 29.9 Å². The normalized spacial score (nSPS) is 18.2. The summed E-state index contributed by atoms with van der Waals surface area (Å²) in [6, 6.07) is 1.63. The van der Waals surface area contributed by atoms with Crippen LogP contribution >= 0.6 is 0 Å². The Balaban J connectivity index is 1.68. The summed E-state index contributed by atoms with van der Waals surface area (Å²) in [6.07, 6.45) is 5.35. The zero-order valence-electron chi connectivity index (χ0n) is 19.4. The molecule has 3 amide bonds. The van der Waals surface area contributed by atoms with E-state index in [0.29, 0.717) is 36.8 Å². The van der Waals surface area contributed by atoms with Gasteiger partial charge in [-0.05, 0) is 33.6 Å². The molecule has 1 atom stereocenters. The summed E-state index contributed by atoms with van der Waals surface area (Å²) in [5.74, 6) is 1.33. The Morgan fingerprint density at radius 2 is 2.00 bits per heavy atom. The maximum atomic E-state index is 12.6. The molecule has 1 saturated heterocycles. The van der Waals surface area contributed by atoms with Gasteiger partial charge in [0, 0.05) is 50.9 Å². The third-order valence-corrected chi connectivity index (χ3v) is 5.75. The molecule has 4 rings (SSSR count). The lowest BCUT2D eigenvalue weighted by molar-refractivity contribution is -0.134. The van der Waals surface area contributed by atoms with Crippen LogP contribution in [0.2, 0.25) is 0 Å². The van der Waals surface area contributed by atoms with Crippen LogP contribution in [-0.2, 0) is 11.8 Å². The number of hydrogen-bond donors (Lipinski definition) is 2. The fourth-order valence-corrected chi connectivity index (χ4v) is 3.98. The zero-order valence-corrected chi connectivity index (χ0v) is 19.4. The van der Waals surface area contributed by atoms with Crippen LogP contribution in [0.5, 0.6) is 0 Å². The van der Waals surface area contributed by atoms with Gasteiger partial charge < -0.3 is 15.1 Å². The highest BCUT2D eigenvalue weighted by atomic mass is 16.2. The summed E-state index contributed by atoms with van der Waals surface area (Å²) >= 11 is 0. The molecule has 174 valence electrons.